The Morgan fingerprint density at radius 3 is 3.00 bits per heavy atom. The fourth-order valence-corrected chi connectivity index (χ4v) is 1.66. The molecule has 3 nitrogen and oxygen atoms in total. The minimum Gasteiger partial charge on any atom is -0.314 e. The van der Waals surface area contributed by atoms with Gasteiger partial charge < -0.3 is 5.32 Å². The standard InChI is InChI=1S/C9H19NO2/c1-8(12-11)5-6-9-4-2-3-7-10-9/h8-11H,2-7H2,1H3. The van der Waals surface area contributed by atoms with E-state index in [-0.39, 0.29) is 6.10 Å². The van der Waals surface area contributed by atoms with Gasteiger partial charge in [-0.2, -0.15) is 0 Å². The highest BCUT2D eigenvalue weighted by Gasteiger charge is 2.13. The van der Waals surface area contributed by atoms with Gasteiger partial charge in [-0.25, -0.2) is 4.89 Å². The third-order valence-electron chi connectivity index (χ3n) is 2.51. The monoisotopic (exact) mass is 173 g/mol. The summed E-state index contributed by atoms with van der Waals surface area (Å²) in [5.41, 5.74) is 0. The fraction of sp³-hybridized carbons (Fsp3) is 1.00. The van der Waals surface area contributed by atoms with E-state index in [1.54, 1.807) is 0 Å². The van der Waals surface area contributed by atoms with E-state index in [2.05, 4.69) is 10.2 Å². The first-order valence-corrected chi connectivity index (χ1v) is 4.86. The molecule has 1 aliphatic heterocycles. The largest absolute Gasteiger partial charge is 0.314 e. The van der Waals surface area contributed by atoms with Crippen molar-refractivity contribution in [3.63, 3.8) is 0 Å². The molecule has 1 fully saturated rings. The number of hydrogen-bond donors (Lipinski definition) is 2. The van der Waals surface area contributed by atoms with Crippen molar-refractivity contribution in [3.8, 4) is 0 Å². The van der Waals surface area contributed by atoms with Crippen molar-refractivity contribution in [1.29, 1.82) is 0 Å². The van der Waals surface area contributed by atoms with Crippen LogP contribution in [-0.4, -0.2) is 23.9 Å². The average Bonchev–Trinajstić information content (AvgIpc) is 2.16. The molecule has 0 saturated carbocycles. The fourth-order valence-electron chi connectivity index (χ4n) is 1.66. The van der Waals surface area contributed by atoms with Gasteiger partial charge in [-0.15, -0.1) is 0 Å². The zero-order valence-corrected chi connectivity index (χ0v) is 7.75. The third kappa shape index (κ3) is 3.52. The second-order valence-electron chi connectivity index (χ2n) is 3.64. The predicted octanol–water partition coefficient (Wildman–Crippen LogP) is 1.79. The molecule has 2 atom stereocenters. The topological polar surface area (TPSA) is 41.5 Å². The van der Waals surface area contributed by atoms with Crippen LogP contribution in [-0.2, 0) is 4.89 Å². The third-order valence-corrected chi connectivity index (χ3v) is 2.51. The summed E-state index contributed by atoms with van der Waals surface area (Å²) in [5, 5.41) is 11.8. The second-order valence-corrected chi connectivity index (χ2v) is 3.64. The van der Waals surface area contributed by atoms with Crippen molar-refractivity contribution in [2.45, 2.75) is 51.2 Å². The van der Waals surface area contributed by atoms with E-state index in [4.69, 9.17) is 5.26 Å². The van der Waals surface area contributed by atoms with Gasteiger partial charge >= 0.3 is 0 Å². The van der Waals surface area contributed by atoms with Gasteiger partial charge in [-0.1, -0.05) is 6.42 Å². The van der Waals surface area contributed by atoms with E-state index in [1.807, 2.05) is 6.92 Å². The van der Waals surface area contributed by atoms with Crippen LogP contribution in [0.3, 0.4) is 0 Å². The van der Waals surface area contributed by atoms with E-state index in [0.29, 0.717) is 6.04 Å². The van der Waals surface area contributed by atoms with E-state index in [1.165, 1.54) is 19.3 Å². The average molecular weight is 173 g/mol. The van der Waals surface area contributed by atoms with Crippen LogP contribution in [0, 0.1) is 0 Å². The molecular weight excluding hydrogens is 154 g/mol. The summed E-state index contributed by atoms with van der Waals surface area (Å²) in [6, 6.07) is 0.649. The molecule has 0 spiro atoms. The lowest BCUT2D eigenvalue weighted by molar-refractivity contribution is -0.275. The molecule has 2 unspecified atom stereocenters. The van der Waals surface area contributed by atoms with Gasteiger partial charge in [-0.05, 0) is 39.2 Å². The van der Waals surface area contributed by atoms with Crippen molar-refractivity contribution in [2.75, 3.05) is 6.54 Å². The Labute approximate surface area is 74.0 Å². The molecule has 1 rings (SSSR count). The number of nitrogens with one attached hydrogen (secondary N) is 1. The number of rotatable bonds is 4. The molecule has 1 saturated heterocycles. The summed E-state index contributed by atoms with van der Waals surface area (Å²) >= 11 is 0. The molecule has 0 aromatic rings. The Kier molecular flexibility index (Phi) is 4.58. The summed E-state index contributed by atoms with van der Waals surface area (Å²) in [6.45, 7) is 3.04. The van der Waals surface area contributed by atoms with Crippen LogP contribution in [0.5, 0.6) is 0 Å². The Balaban J connectivity index is 2.05. The Bertz CT molecular complexity index is 113. The van der Waals surface area contributed by atoms with Crippen molar-refractivity contribution in [3.05, 3.63) is 0 Å². The number of piperidine rings is 1. The molecule has 0 aromatic carbocycles. The highest BCUT2D eigenvalue weighted by atomic mass is 17.1. The molecule has 0 bridgehead atoms. The van der Waals surface area contributed by atoms with Crippen LogP contribution in [0.25, 0.3) is 0 Å². The molecule has 72 valence electrons. The van der Waals surface area contributed by atoms with Crippen LogP contribution >= 0.6 is 0 Å². The molecular formula is C9H19NO2. The van der Waals surface area contributed by atoms with Crippen LogP contribution in [0.15, 0.2) is 0 Å². The van der Waals surface area contributed by atoms with E-state index < -0.39 is 0 Å². The molecule has 3 heteroatoms. The SMILES string of the molecule is CC(CCC1CCCCN1)OO. The van der Waals surface area contributed by atoms with E-state index >= 15 is 0 Å². The maximum absolute atomic E-state index is 8.34. The van der Waals surface area contributed by atoms with Crippen molar-refractivity contribution >= 4 is 0 Å². The normalized spacial score (nSPS) is 27.0. The Hall–Kier alpha value is -0.120. The van der Waals surface area contributed by atoms with Crippen molar-refractivity contribution in [2.24, 2.45) is 0 Å². The summed E-state index contributed by atoms with van der Waals surface area (Å²) < 4.78 is 0. The van der Waals surface area contributed by atoms with E-state index in [0.717, 1.165) is 19.4 Å². The van der Waals surface area contributed by atoms with Crippen LogP contribution in [0.2, 0.25) is 0 Å². The van der Waals surface area contributed by atoms with Gasteiger partial charge in [0.1, 0.15) is 0 Å². The first-order valence-electron chi connectivity index (χ1n) is 4.86. The predicted molar refractivity (Wildman–Crippen MR) is 48.1 cm³/mol. The zero-order chi connectivity index (χ0) is 8.81. The molecule has 2 N–H and O–H groups in total. The second kappa shape index (κ2) is 5.51. The maximum atomic E-state index is 8.34. The van der Waals surface area contributed by atoms with Gasteiger partial charge in [0.25, 0.3) is 0 Å². The van der Waals surface area contributed by atoms with E-state index in [9.17, 15) is 0 Å². The molecule has 12 heavy (non-hydrogen) atoms. The Morgan fingerprint density at radius 2 is 2.42 bits per heavy atom. The van der Waals surface area contributed by atoms with Crippen LogP contribution < -0.4 is 5.32 Å². The van der Waals surface area contributed by atoms with Crippen LogP contribution in [0.4, 0.5) is 0 Å². The lowest BCUT2D eigenvalue weighted by atomic mass is 9.99. The van der Waals surface area contributed by atoms with Crippen molar-refractivity contribution < 1.29 is 10.1 Å². The molecule has 0 aromatic heterocycles. The van der Waals surface area contributed by atoms with Gasteiger partial charge in [0.2, 0.25) is 0 Å². The molecule has 1 aliphatic rings. The first-order chi connectivity index (χ1) is 5.83. The van der Waals surface area contributed by atoms with Gasteiger partial charge in [0.15, 0.2) is 0 Å². The van der Waals surface area contributed by atoms with Gasteiger partial charge in [0, 0.05) is 6.04 Å². The maximum Gasteiger partial charge on any atom is 0.0899 e. The van der Waals surface area contributed by atoms with Gasteiger partial charge in [0.05, 0.1) is 6.10 Å². The summed E-state index contributed by atoms with van der Waals surface area (Å²) in [5.74, 6) is 0. The quantitative estimate of drug-likeness (QED) is 0.503. The highest BCUT2D eigenvalue weighted by Crippen LogP contribution is 2.13. The minimum absolute atomic E-state index is 0.0197. The highest BCUT2D eigenvalue weighted by molar-refractivity contribution is 4.72. The van der Waals surface area contributed by atoms with Gasteiger partial charge in [-0.3, -0.25) is 5.26 Å². The zero-order valence-electron chi connectivity index (χ0n) is 7.75. The number of hydrogen-bond acceptors (Lipinski definition) is 3. The Morgan fingerprint density at radius 1 is 1.58 bits per heavy atom. The smallest absolute Gasteiger partial charge is 0.0899 e. The van der Waals surface area contributed by atoms with Crippen molar-refractivity contribution in [1.82, 2.24) is 5.32 Å². The molecule has 0 aliphatic carbocycles. The van der Waals surface area contributed by atoms with Crippen LogP contribution in [0.1, 0.15) is 39.0 Å². The summed E-state index contributed by atoms with van der Waals surface area (Å²) in [4.78, 5) is 4.21. The molecule has 0 radical (unpaired) electrons. The first kappa shape index (κ1) is 9.96. The molecule has 1 heterocycles. The summed E-state index contributed by atoms with van der Waals surface area (Å²) in [6.07, 6.45) is 5.96. The lowest BCUT2D eigenvalue weighted by Gasteiger charge is -2.23. The summed E-state index contributed by atoms with van der Waals surface area (Å²) in [7, 11) is 0. The molecule has 0 amide bonds. The lowest BCUT2D eigenvalue weighted by Crippen LogP contribution is -2.34. The minimum atomic E-state index is -0.0197.